The quantitative estimate of drug-likeness (QED) is 0.694. The minimum absolute atomic E-state index is 0.823. The van der Waals surface area contributed by atoms with Crippen LogP contribution in [0.15, 0.2) is 12.1 Å². The van der Waals surface area contributed by atoms with E-state index in [1.54, 1.807) is 4.88 Å². The molecule has 2 aromatic rings. The van der Waals surface area contributed by atoms with Crippen molar-refractivity contribution in [3.63, 3.8) is 0 Å². The maximum atomic E-state index is 2.40. The van der Waals surface area contributed by atoms with Crippen LogP contribution in [0.5, 0.6) is 0 Å². The van der Waals surface area contributed by atoms with Crippen molar-refractivity contribution in [1.82, 2.24) is 0 Å². The summed E-state index contributed by atoms with van der Waals surface area (Å²) < 4.78 is 2.99. The first-order valence-electron chi connectivity index (χ1n) is 5.74. The molecule has 0 bridgehead atoms. The van der Waals surface area contributed by atoms with Crippen molar-refractivity contribution in [2.45, 2.75) is 40.0 Å². The molecule has 15 heavy (non-hydrogen) atoms. The number of thiophene rings is 2. The third-order valence-corrected chi connectivity index (χ3v) is 5.36. The third-order valence-electron chi connectivity index (χ3n) is 2.90. The molecule has 0 aliphatic rings. The lowest BCUT2D eigenvalue weighted by Gasteiger charge is -2.04. The average molecular weight is 238 g/mol. The van der Waals surface area contributed by atoms with Crippen LogP contribution in [0.3, 0.4) is 0 Å². The van der Waals surface area contributed by atoms with Crippen LogP contribution in [-0.4, -0.2) is 0 Å². The summed E-state index contributed by atoms with van der Waals surface area (Å²) in [7, 11) is 0. The average Bonchev–Trinajstić information content (AvgIpc) is 2.74. The smallest absolute Gasteiger partial charge is 0.0456 e. The lowest BCUT2D eigenvalue weighted by molar-refractivity contribution is 0.565. The van der Waals surface area contributed by atoms with Gasteiger partial charge in [-0.3, -0.25) is 0 Å². The second-order valence-electron chi connectivity index (χ2n) is 4.23. The summed E-state index contributed by atoms with van der Waals surface area (Å²) >= 11 is 3.95. The Labute approximate surface area is 99.9 Å². The van der Waals surface area contributed by atoms with Crippen LogP contribution in [0, 0.1) is 5.92 Å². The van der Waals surface area contributed by atoms with Crippen LogP contribution in [0.4, 0.5) is 0 Å². The van der Waals surface area contributed by atoms with Gasteiger partial charge in [-0.2, -0.15) is 0 Å². The van der Waals surface area contributed by atoms with Gasteiger partial charge >= 0.3 is 0 Å². The van der Waals surface area contributed by atoms with Crippen LogP contribution in [0.1, 0.15) is 36.9 Å². The highest BCUT2D eigenvalue weighted by Crippen LogP contribution is 2.34. The second kappa shape index (κ2) is 4.67. The summed E-state index contributed by atoms with van der Waals surface area (Å²) in [5.74, 6) is 0.823. The van der Waals surface area contributed by atoms with Crippen molar-refractivity contribution in [3.8, 4) is 0 Å². The number of fused-ring (bicyclic) bond motifs is 1. The normalized spacial score (nSPS) is 13.5. The Morgan fingerprint density at radius 3 is 2.27 bits per heavy atom. The summed E-state index contributed by atoms with van der Waals surface area (Å²) in [5.41, 5.74) is 0. The Morgan fingerprint density at radius 1 is 1.07 bits per heavy atom. The molecule has 2 aromatic heterocycles. The Bertz CT molecular complexity index is 405. The molecular weight excluding hydrogens is 220 g/mol. The largest absolute Gasteiger partial charge is 0.139 e. The van der Waals surface area contributed by atoms with E-state index >= 15 is 0 Å². The van der Waals surface area contributed by atoms with Crippen LogP contribution in [-0.2, 0) is 12.8 Å². The molecular formula is C13H18S2. The number of hydrogen-bond donors (Lipinski definition) is 0. The Morgan fingerprint density at radius 2 is 1.67 bits per heavy atom. The van der Waals surface area contributed by atoms with Crippen molar-refractivity contribution in [2.75, 3.05) is 0 Å². The number of rotatable bonds is 4. The molecule has 2 heterocycles. The molecule has 82 valence electrons. The van der Waals surface area contributed by atoms with Gasteiger partial charge in [0.25, 0.3) is 0 Å². The second-order valence-corrected chi connectivity index (χ2v) is 6.56. The first-order chi connectivity index (χ1) is 7.22. The topological polar surface area (TPSA) is 0 Å². The minimum Gasteiger partial charge on any atom is -0.139 e. The molecule has 0 N–H and O–H groups in total. The highest BCUT2D eigenvalue weighted by atomic mass is 32.1. The molecule has 0 radical (unpaired) electrons. The Hall–Kier alpha value is -0.340. The summed E-state index contributed by atoms with van der Waals surface area (Å²) in [6.45, 7) is 6.84. The van der Waals surface area contributed by atoms with Gasteiger partial charge in [-0.15, -0.1) is 22.7 Å². The van der Waals surface area contributed by atoms with Gasteiger partial charge in [0.15, 0.2) is 0 Å². The molecule has 0 nitrogen and oxygen atoms in total. The molecule has 0 spiro atoms. The van der Waals surface area contributed by atoms with Gasteiger partial charge in [-0.1, -0.05) is 27.2 Å². The van der Waals surface area contributed by atoms with Gasteiger partial charge in [-0.25, -0.2) is 0 Å². The van der Waals surface area contributed by atoms with E-state index in [-0.39, 0.29) is 0 Å². The van der Waals surface area contributed by atoms with Crippen molar-refractivity contribution in [3.05, 3.63) is 21.9 Å². The number of hydrogen-bond acceptors (Lipinski definition) is 2. The predicted octanol–water partition coefficient (Wildman–Crippen LogP) is 5.11. The molecule has 0 saturated heterocycles. The minimum atomic E-state index is 0.823. The maximum absolute atomic E-state index is 2.40. The first kappa shape index (κ1) is 11.2. The molecule has 1 atom stereocenters. The van der Waals surface area contributed by atoms with E-state index in [1.807, 2.05) is 22.7 Å². The van der Waals surface area contributed by atoms with Crippen molar-refractivity contribution in [1.29, 1.82) is 0 Å². The molecule has 2 heteroatoms. The van der Waals surface area contributed by atoms with Gasteiger partial charge in [0.1, 0.15) is 0 Å². The Balaban J connectivity index is 2.21. The van der Waals surface area contributed by atoms with Crippen LogP contribution in [0.2, 0.25) is 0 Å². The lowest BCUT2D eigenvalue weighted by atomic mass is 10.0. The maximum Gasteiger partial charge on any atom is 0.0456 e. The molecule has 0 aliphatic heterocycles. The van der Waals surface area contributed by atoms with Gasteiger partial charge in [0.2, 0.25) is 0 Å². The zero-order valence-corrected chi connectivity index (χ0v) is 11.3. The highest BCUT2D eigenvalue weighted by molar-refractivity contribution is 7.27. The van der Waals surface area contributed by atoms with Crippen LogP contribution < -0.4 is 0 Å². The number of aryl methyl sites for hydroxylation is 1. The zero-order chi connectivity index (χ0) is 10.8. The van der Waals surface area contributed by atoms with Crippen molar-refractivity contribution >= 4 is 32.1 Å². The van der Waals surface area contributed by atoms with E-state index < -0.39 is 0 Å². The molecule has 0 saturated carbocycles. The van der Waals surface area contributed by atoms with E-state index in [1.165, 1.54) is 33.5 Å². The van der Waals surface area contributed by atoms with Crippen LogP contribution >= 0.6 is 22.7 Å². The Kier molecular flexibility index (Phi) is 3.47. The predicted molar refractivity (Wildman–Crippen MR) is 72.2 cm³/mol. The molecule has 2 rings (SSSR count). The SMILES string of the molecule is CCc1cc2sc(CC(C)CC)cc2s1. The third kappa shape index (κ3) is 2.43. The fourth-order valence-electron chi connectivity index (χ4n) is 1.70. The molecule has 0 aromatic carbocycles. The standard InChI is InChI=1S/C13H18S2/c1-4-9(3)6-11-8-13-12(15-11)7-10(5-2)14-13/h7-9H,4-6H2,1-3H3. The summed E-state index contributed by atoms with van der Waals surface area (Å²) in [6.07, 6.45) is 3.71. The molecule has 0 amide bonds. The lowest BCUT2D eigenvalue weighted by Crippen LogP contribution is -1.94. The van der Waals surface area contributed by atoms with E-state index in [2.05, 4.69) is 32.9 Å². The van der Waals surface area contributed by atoms with Crippen molar-refractivity contribution in [2.24, 2.45) is 5.92 Å². The zero-order valence-electron chi connectivity index (χ0n) is 9.67. The molecule has 0 aliphatic carbocycles. The summed E-state index contributed by atoms with van der Waals surface area (Å²) in [5, 5.41) is 0. The van der Waals surface area contributed by atoms with Crippen molar-refractivity contribution < 1.29 is 0 Å². The fraction of sp³-hybridized carbons (Fsp3) is 0.538. The molecule has 1 unspecified atom stereocenters. The van der Waals surface area contributed by atoms with E-state index in [4.69, 9.17) is 0 Å². The van der Waals surface area contributed by atoms with Gasteiger partial charge in [0, 0.05) is 19.2 Å². The molecule has 0 fully saturated rings. The first-order valence-corrected chi connectivity index (χ1v) is 7.37. The van der Waals surface area contributed by atoms with Gasteiger partial charge in [0.05, 0.1) is 0 Å². The van der Waals surface area contributed by atoms with Crippen LogP contribution in [0.25, 0.3) is 9.40 Å². The highest BCUT2D eigenvalue weighted by Gasteiger charge is 2.08. The monoisotopic (exact) mass is 238 g/mol. The van der Waals surface area contributed by atoms with Gasteiger partial charge in [-0.05, 0) is 30.9 Å². The van der Waals surface area contributed by atoms with E-state index in [0.717, 1.165) is 5.92 Å². The summed E-state index contributed by atoms with van der Waals surface area (Å²) in [6, 6.07) is 4.76. The van der Waals surface area contributed by atoms with E-state index in [0.29, 0.717) is 0 Å². The van der Waals surface area contributed by atoms with Gasteiger partial charge < -0.3 is 0 Å². The summed E-state index contributed by atoms with van der Waals surface area (Å²) in [4.78, 5) is 3.08. The van der Waals surface area contributed by atoms with E-state index in [9.17, 15) is 0 Å². The fourth-order valence-corrected chi connectivity index (χ4v) is 4.25.